The normalized spacial score (nSPS) is 23.5. The van der Waals surface area contributed by atoms with E-state index in [9.17, 15) is 0 Å². The Kier molecular flexibility index (Phi) is 5.40. The van der Waals surface area contributed by atoms with E-state index in [1.54, 1.807) is 0 Å². The maximum atomic E-state index is 9.15. The van der Waals surface area contributed by atoms with Gasteiger partial charge in [0.15, 0.2) is 0 Å². The van der Waals surface area contributed by atoms with Crippen molar-refractivity contribution >= 4 is 0 Å². The number of hydrogen-bond donors (Lipinski definition) is 2. The number of hydrogen-bond acceptors (Lipinski definition) is 2. The van der Waals surface area contributed by atoms with Crippen LogP contribution in [0.15, 0.2) is 0 Å². The molecule has 0 aromatic heterocycles. The van der Waals surface area contributed by atoms with Crippen LogP contribution in [0, 0.1) is 0 Å². The summed E-state index contributed by atoms with van der Waals surface area (Å²) in [4.78, 5) is 0. The molecule has 1 fully saturated rings. The van der Waals surface area contributed by atoms with Gasteiger partial charge in [-0.1, -0.05) is 32.1 Å². The van der Waals surface area contributed by atoms with Gasteiger partial charge in [0.2, 0.25) is 0 Å². The Morgan fingerprint density at radius 1 is 1.15 bits per heavy atom. The van der Waals surface area contributed by atoms with Crippen molar-refractivity contribution in [2.75, 3.05) is 6.54 Å². The van der Waals surface area contributed by atoms with E-state index in [0.29, 0.717) is 6.04 Å². The molecule has 0 bridgehead atoms. The molecule has 1 aliphatic carbocycles. The van der Waals surface area contributed by atoms with Gasteiger partial charge in [-0.3, -0.25) is 0 Å². The van der Waals surface area contributed by atoms with Crippen LogP contribution >= 0.6 is 0 Å². The Hall–Kier alpha value is -0.0800. The van der Waals surface area contributed by atoms with E-state index in [-0.39, 0.29) is 6.10 Å². The molecule has 0 aromatic carbocycles. The van der Waals surface area contributed by atoms with E-state index < -0.39 is 0 Å². The second-order valence-electron chi connectivity index (χ2n) is 4.30. The summed E-state index contributed by atoms with van der Waals surface area (Å²) in [5, 5.41) is 12.6. The molecular formula is C11H23NO. The van der Waals surface area contributed by atoms with E-state index in [1.165, 1.54) is 44.9 Å². The van der Waals surface area contributed by atoms with Crippen molar-refractivity contribution in [1.29, 1.82) is 0 Å². The first-order chi connectivity index (χ1) is 6.29. The lowest BCUT2D eigenvalue weighted by molar-refractivity contribution is 0.182. The number of aliphatic hydroxyl groups excluding tert-OH is 1. The Bertz CT molecular complexity index is 117. The maximum Gasteiger partial charge on any atom is 0.0636 e. The van der Waals surface area contributed by atoms with Crippen molar-refractivity contribution in [2.45, 2.75) is 64.0 Å². The third-order valence-corrected chi connectivity index (χ3v) is 2.81. The van der Waals surface area contributed by atoms with Gasteiger partial charge in [-0.25, -0.2) is 0 Å². The van der Waals surface area contributed by atoms with Gasteiger partial charge in [0, 0.05) is 12.6 Å². The lowest BCUT2D eigenvalue weighted by atomic mass is 9.97. The highest BCUT2D eigenvalue weighted by Crippen LogP contribution is 2.16. The first-order valence-electron chi connectivity index (χ1n) is 5.70. The molecule has 1 atom stereocenters. The predicted octanol–water partition coefficient (Wildman–Crippen LogP) is 2.07. The molecule has 1 unspecified atom stereocenters. The summed E-state index contributed by atoms with van der Waals surface area (Å²) < 4.78 is 0. The third kappa shape index (κ3) is 5.27. The molecule has 13 heavy (non-hydrogen) atoms. The second kappa shape index (κ2) is 6.39. The van der Waals surface area contributed by atoms with Gasteiger partial charge in [-0.2, -0.15) is 0 Å². The summed E-state index contributed by atoms with van der Waals surface area (Å²) in [6.45, 7) is 2.60. The molecule has 0 spiro atoms. The Morgan fingerprint density at radius 2 is 1.69 bits per heavy atom. The fourth-order valence-electron chi connectivity index (χ4n) is 2.00. The molecule has 0 heterocycles. The van der Waals surface area contributed by atoms with E-state index >= 15 is 0 Å². The van der Waals surface area contributed by atoms with Crippen LogP contribution in [0.3, 0.4) is 0 Å². The summed E-state index contributed by atoms with van der Waals surface area (Å²) in [7, 11) is 0. The molecule has 0 saturated heterocycles. The minimum absolute atomic E-state index is 0.203. The van der Waals surface area contributed by atoms with Crippen LogP contribution in [0.4, 0.5) is 0 Å². The quantitative estimate of drug-likeness (QED) is 0.705. The zero-order valence-electron chi connectivity index (χ0n) is 8.76. The topological polar surface area (TPSA) is 32.3 Å². The number of nitrogens with one attached hydrogen (secondary N) is 1. The highest BCUT2D eigenvalue weighted by atomic mass is 16.3. The predicted molar refractivity (Wildman–Crippen MR) is 55.8 cm³/mol. The van der Waals surface area contributed by atoms with Gasteiger partial charge >= 0.3 is 0 Å². The molecule has 0 amide bonds. The summed E-state index contributed by atoms with van der Waals surface area (Å²) >= 11 is 0. The molecule has 0 radical (unpaired) electrons. The standard InChI is InChI=1S/C11H23NO/c1-10(13)9-12-11-7-5-3-2-4-6-8-11/h10-13H,2-9H2,1H3. The van der Waals surface area contributed by atoms with Gasteiger partial charge in [0.25, 0.3) is 0 Å². The van der Waals surface area contributed by atoms with Crippen LogP contribution in [0.1, 0.15) is 51.9 Å². The molecule has 2 heteroatoms. The molecule has 1 saturated carbocycles. The number of rotatable bonds is 3. The van der Waals surface area contributed by atoms with Crippen molar-refractivity contribution in [1.82, 2.24) is 5.32 Å². The smallest absolute Gasteiger partial charge is 0.0636 e. The molecule has 0 aromatic rings. The van der Waals surface area contributed by atoms with E-state index in [0.717, 1.165) is 6.54 Å². The van der Waals surface area contributed by atoms with E-state index in [2.05, 4.69) is 5.32 Å². The number of aliphatic hydroxyl groups is 1. The van der Waals surface area contributed by atoms with Gasteiger partial charge in [-0.15, -0.1) is 0 Å². The van der Waals surface area contributed by atoms with Crippen molar-refractivity contribution in [2.24, 2.45) is 0 Å². The van der Waals surface area contributed by atoms with E-state index in [1.807, 2.05) is 6.92 Å². The highest BCUT2D eigenvalue weighted by molar-refractivity contribution is 4.70. The zero-order chi connectivity index (χ0) is 9.52. The Morgan fingerprint density at radius 3 is 2.23 bits per heavy atom. The summed E-state index contributed by atoms with van der Waals surface area (Å²) in [5.41, 5.74) is 0. The molecule has 2 N–H and O–H groups in total. The monoisotopic (exact) mass is 185 g/mol. The van der Waals surface area contributed by atoms with Gasteiger partial charge in [0.1, 0.15) is 0 Å². The molecule has 2 nitrogen and oxygen atoms in total. The van der Waals surface area contributed by atoms with Crippen LogP contribution in [0.25, 0.3) is 0 Å². The first-order valence-corrected chi connectivity index (χ1v) is 5.70. The van der Waals surface area contributed by atoms with Gasteiger partial charge < -0.3 is 10.4 Å². The maximum absolute atomic E-state index is 9.15. The second-order valence-corrected chi connectivity index (χ2v) is 4.30. The highest BCUT2D eigenvalue weighted by Gasteiger charge is 2.10. The lowest BCUT2D eigenvalue weighted by Crippen LogP contribution is -2.34. The van der Waals surface area contributed by atoms with Gasteiger partial charge in [-0.05, 0) is 19.8 Å². The molecular weight excluding hydrogens is 162 g/mol. The fraction of sp³-hybridized carbons (Fsp3) is 1.00. The SMILES string of the molecule is CC(O)CNC1CCCCCCC1. The van der Waals surface area contributed by atoms with Crippen molar-refractivity contribution in [3.05, 3.63) is 0 Å². The Labute approximate surface area is 81.7 Å². The van der Waals surface area contributed by atoms with E-state index in [4.69, 9.17) is 5.11 Å². The molecule has 78 valence electrons. The van der Waals surface area contributed by atoms with Crippen LogP contribution in [0.5, 0.6) is 0 Å². The average Bonchev–Trinajstić information content (AvgIpc) is 2.01. The first kappa shape index (κ1) is 11.0. The van der Waals surface area contributed by atoms with Gasteiger partial charge in [0.05, 0.1) is 6.10 Å². The minimum Gasteiger partial charge on any atom is -0.392 e. The summed E-state index contributed by atoms with van der Waals surface area (Å²) in [6, 6.07) is 0.662. The fourth-order valence-corrected chi connectivity index (χ4v) is 2.00. The summed E-state index contributed by atoms with van der Waals surface area (Å²) in [5.74, 6) is 0. The Balaban J connectivity index is 2.14. The van der Waals surface area contributed by atoms with Crippen molar-refractivity contribution < 1.29 is 5.11 Å². The van der Waals surface area contributed by atoms with Crippen LogP contribution in [-0.2, 0) is 0 Å². The van der Waals surface area contributed by atoms with Crippen LogP contribution in [-0.4, -0.2) is 23.8 Å². The van der Waals surface area contributed by atoms with Crippen molar-refractivity contribution in [3.8, 4) is 0 Å². The minimum atomic E-state index is -0.203. The third-order valence-electron chi connectivity index (χ3n) is 2.81. The van der Waals surface area contributed by atoms with Crippen LogP contribution < -0.4 is 5.32 Å². The molecule has 1 aliphatic rings. The largest absolute Gasteiger partial charge is 0.392 e. The summed E-state index contributed by atoms with van der Waals surface area (Å²) in [6.07, 6.45) is 9.32. The lowest BCUT2D eigenvalue weighted by Gasteiger charge is -2.21. The van der Waals surface area contributed by atoms with Crippen molar-refractivity contribution in [3.63, 3.8) is 0 Å². The van der Waals surface area contributed by atoms with Crippen LogP contribution in [0.2, 0.25) is 0 Å². The molecule has 0 aliphatic heterocycles. The molecule has 1 rings (SSSR count). The zero-order valence-corrected chi connectivity index (χ0v) is 8.76. The average molecular weight is 185 g/mol.